The maximum Gasteiger partial charge on any atom is 0.325 e. The minimum Gasteiger partial charge on any atom is -0.480 e. The third-order valence-corrected chi connectivity index (χ3v) is 5.54. The maximum atomic E-state index is 13.0. The summed E-state index contributed by atoms with van der Waals surface area (Å²) in [5.41, 5.74) is 7.39. The molecule has 2 aromatic rings. The standard InChI is InChI=1S/C23H33N5O6/c1-11(2)18(24)21(31)28-19(13(4)29)22(32)27-17(20(30)26-12(3)23(33)34)9-14-10-25-16-8-6-5-7-15(14)16/h5-8,10-13,17-19,25,29H,9,24H2,1-4H3,(H,26,30)(H,27,32)(H,28,31)(H,33,34). The first kappa shape index (κ1) is 26.8. The molecule has 11 nitrogen and oxygen atoms in total. The Hall–Kier alpha value is -3.44. The van der Waals surface area contributed by atoms with E-state index in [4.69, 9.17) is 10.8 Å². The van der Waals surface area contributed by atoms with Crippen LogP contribution in [0, 0.1) is 5.92 Å². The number of aliphatic hydroxyl groups excluding tert-OH is 1. The lowest BCUT2D eigenvalue weighted by atomic mass is 10.0. The molecule has 0 aliphatic carbocycles. The van der Waals surface area contributed by atoms with E-state index >= 15 is 0 Å². The van der Waals surface area contributed by atoms with Crippen molar-refractivity contribution in [2.45, 2.75) is 64.4 Å². The number of carboxylic acid groups (broad SMARTS) is 1. The van der Waals surface area contributed by atoms with E-state index < -0.39 is 54.0 Å². The lowest BCUT2D eigenvalue weighted by Gasteiger charge is -2.26. The number of carbonyl (C=O) groups excluding carboxylic acids is 3. The van der Waals surface area contributed by atoms with Gasteiger partial charge in [0, 0.05) is 23.5 Å². The summed E-state index contributed by atoms with van der Waals surface area (Å²) in [7, 11) is 0. The molecule has 2 rings (SSSR count). The van der Waals surface area contributed by atoms with Gasteiger partial charge in [-0.25, -0.2) is 0 Å². The van der Waals surface area contributed by atoms with Crippen molar-refractivity contribution in [3.05, 3.63) is 36.0 Å². The molecule has 186 valence electrons. The summed E-state index contributed by atoms with van der Waals surface area (Å²) in [5.74, 6) is -3.57. The Morgan fingerprint density at radius 3 is 2.21 bits per heavy atom. The molecule has 8 N–H and O–H groups in total. The Kier molecular flexibility index (Phi) is 9.16. The average molecular weight is 476 g/mol. The zero-order chi connectivity index (χ0) is 25.6. The van der Waals surface area contributed by atoms with Crippen molar-refractivity contribution in [1.29, 1.82) is 0 Å². The van der Waals surface area contributed by atoms with Crippen LogP contribution in [-0.4, -0.2) is 69.2 Å². The van der Waals surface area contributed by atoms with Gasteiger partial charge >= 0.3 is 5.97 Å². The fourth-order valence-electron chi connectivity index (χ4n) is 3.32. The van der Waals surface area contributed by atoms with E-state index in [0.29, 0.717) is 0 Å². The van der Waals surface area contributed by atoms with Crippen molar-refractivity contribution in [2.75, 3.05) is 0 Å². The van der Waals surface area contributed by atoms with Gasteiger partial charge in [-0.1, -0.05) is 32.0 Å². The molecule has 1 aromatic heterocycles. The van der Waals surface area contributed by atoms with E-state index in [1.807, 2.05) is 24.3 Å². The van der Waals surface area contributed by atoms with Gasteiger partial charge in [-0.2, -0.15) is 0 Å². The number of aliphatic hydroxyl groups is 1. The van der Waals surface area contributed by atoms with Gasteiger partial charge in [-0.15, -0.1) is 0 Å². The Balaban J connectivity index is 2.27. The number of fused-ring (bicyclic) bond motifs is 1. The highest BCUT2D eigenvalue weighted by Crippen LogP contribution is 2.19. The summed E-state index contributed by atoms with van der Waals surface area (Å²) in [6.45, 7) is 6.11. The molecule has 0 saturated heterocycles. The first-order valence-electron chi connectivity index (χ1n) is 11.0. The molecule has 5 atom stereocenters. The fourth-order valence-corrected chi connectivity index (χ4v) is 3.32. The van der Waals surface area contributed by atoms with Crippen LogP contribution < -0.4 is 21.7 Å². The van der Waals surface area contributed by atoms with Crippen LogP contribution in [0.25, 0.3) is 10.9 Å². The SMILES string of the molecule is CC(NC(=O)C(Cc1c[nH]c2ccccc12)NC(=O)C(NC(=O)C(N)C(C)C)C(C)O)C(=O)O. The Bertz CT molecular complexity index is 1030. The third-order valence-electron chi connectivity index (χ3n) is 5.54. The minimum absolute atomic E-state index is 0.0416. The van der Waals surface area contributed by atoms with E-state index in [0.717, 1.165) is 16.5 Å². The van der Waals surface area contributed by atoms with Crippen LogP contribution in [0.1, 0.15) is 33.3 Å². The summed E-state index contributed by atoms with van der Waals surface area (Å²) < 4.78 is 0. The van der Waals surface area contributed by atoms with Gasteiger partial charge in [-0.3, -0.25) is 19.2 Å². The molecule has 11 heteroatoms. The molecule has 1 aromatic carbocycles. The second kappa shape index (κ2) is 11.6. The number of H-pyrrole nitrogens is 1. The van der Waals surface area contributed by atoms with Crippen LogP contribution >= 0.6 is 0 Å². The van der Waals surface area contributed by atoms with E-state index in [9.17, 15) is 24.3 Å². The Labute approximate surface area is 197 Å². The van der Waals surface area contributed by atoms with Crippen molar-refractivity contribution in [1.82, 2.24) is 20.9 Å². The van der Waals surface area contributed by atoms with Gasteiger partial charge in [0.1, 0.15) is 18.1 Å². The number of nitrogens with one attached hydrogen (secondary N) is 4. The number of aliphatic carboxylic acids is 1. The summed E-state index contributed by atoms with van der Waals surface area (Å²) in [6.07, 6.45) is 0.464. The molecule has 5 unspecified atom stereocenters. The number of benzene rings is 1. The Morgan fingerprint density at radius 1 is 0.971 bits per heavy atom. The van der Waals surface area contributed by atoms with Crippen molar-refractivity contribution in [3.63, 3.8) is 0 Å². The number of carbonyl (C=O) groups is 4. The largest absolute Gasteiger partial charge is 0.480 e. The molecule has 0 aliphatic rings. The monoisotopic (exact) mass is 475 g/mol. The van der Waals surface area contributed by atoms with Crippen molar-refractivity contribution >= 4 is 34.6 Å². The van der Waals surface area contributed by atoms with Crippen LogP contribution in [0.15, 0.2) is 30.5 Å². The predicted octanol–water partition coefficient (Wildman–Crippen LogP) is -0.367. The van der Waals surface area contributed by atoms with E-state index in [1.54, 1.807) is 20.0 Å². The maximum absolute atomic E-state index is 13.0. The second-order valence-electron chi connectivity index (χ2n) is 8.69. The number of carboxylic acids is 1. The van der Waals surface area contributed by atoms with Crippen LogP contribution in [0.3, 0.4) is 0 Å². The van der Waals surface area contributed by atoms with E-state index in [1.165, 1.54) is 13.8 Å². The molecule has 34 heavy (non-hydrogen) atoms. The van der Waals surface area contributed by atoms with Crippen LogP contribution in [0.2, 0.25) is 0 Å². The zero-order valence-electron chi connectivity index (χ0n) is 19.7. The lowest BCUT2D eigenvalue weighted by Crippen LogP contribution is -2.60. The molecular weight excluding hydrogens is 442 g/mol. The lowest BCUT2D eigenvalue weighted by molar-refractivity contribution is -0.142. The number of hydrogen-bond donors (Lipinski definition) is 7. The van der Waals surface area contributed by atoms with Gasteiger partial charge in [0.25, 0.3) is 0 Å². The molecule has 0 bridgehead atoms. The summed E-state index contributed by atoms with van der Waals surface area (Å²) in [5, 5.41) is 27.4. The number of para-hydroxylation sites is 1. The number of amides is 3. The molecule has 0 fully saturated rings. The van der Waals surface area contributed by atoms with E-state index in [2.05, 4.69) is 20.9 Å². The Morgan fingerprint density at radius 2 is 1.62 bits per heavy atom. The molecule has 0 radical (unpaired) electrons. The van der Waals surface area contributed by atoms with Crippen LogP contribution in [0.4, 0.5) is 0 Å². The topological polar surface area (TPSA) is 187 Å². The first-order chi connectivity index (χ1) is 15.9. The minimum atomic E-state index is -1.37. The van der Waals surface area contributed by atoms with Crippen LogP contribution in [0.5, 0.6) is 0 Å². The zero-order valence-corrected chi connectivity index (χ0v) is 19.7. The summed E-state index contributed by atoms with van der Waals surface area (Å²) in [6, 6.07) is 2.76. The number of rotatable bonds is 11. The van der Waals surface area contributed by atoms with Crippen molar-refractivity contribution < 1.29 is 29.4 Å². The van der Waals surface area contributed by atoms with Gasteiger partial charge in [-0.05, 0) is 31.4 Å². The number of nitrogens with two attached hydrogens (primary N) is 1. The highest BCUT2D eigenvalue weighted by molar-refractivity contribution is 5.95. The van der Waals surface area contributed by atoms with E-state index in [-0.39, 0.29) is 12.3 Å². The summed E-state index contributed by atoms with van der Waals surface area (Å²) >= 11 is 0. The molecule has 0 saturated carbocycles. The number of aromatic nitrogens is 1. The van der Waals surface area contributed by atoms with Gasteiger partial charge in [0.2, 0.25) is 17.7 Å². The van der Waals surface area contributed by atoms with Crippen molar-refractivity contribution in [3.8, 4) is 0 Å². The second-order valence-corrected chi connectivity index (χ2v) is 8.69. The van der Waals surface area contributed by atoms with Gasteiger partial charge in [0.05, 0.1) is 12.1 Å². The van der Waals surface area contributed by atoms with Crippen molar-refractivity contribution in [2.24, 2.45) is 11.7 Å². The first-order valence-corrected chi connectivity index (χ1v) is 11.0. The molecular formula is C23H33N5O6. The van der Waals surface area contributed by atoms with Crippen LogP contribution in [-0.2, 0) is 25.6 Å². The molecule has 0 spiro atoms. The average Bonchev–Trinajstić information content (AvgIpc) is 3.18. The van der Waals surface area contributed by atoms with Gasteiger partial charge < -0.3 is 36.9 Å². The predicted molar refractivity (Wildman–Crippen MR) is 126 cm³/mol. The molecule has 1 heterocycles. The number of hydrogen-bond acceptors (Lipinski definition) is 6. The fraction of sp³-hybridized carbons (Fsp3) is 0.478. The normalized spacial score (nSPS) is 15.7. The highest BCUT2D eigenvalue weighted by atomic mass is 16.4. The van der Waals surface area contributed by atoms with Gasteiger partial charge in [0.15, 0.2) is 0 Å². The smallest absolute Gasteiger partial charge is 0.325 e. The molecule has 3 amide bonds. The summed E-state index contributed by atoms with van der Waals surface area (Å²) in [4.78, 5) is 52.6. The molecule has 0 aliphatic heterocycles. The number of aromatic amines is 1. The highest BCUT2D eigenvalue weighted by Gasteiger charge is 2.32. The quantitative estimate of drug-likeness (QED) is 0.231. The third kappa shape index (κ3) is 6.78.